The van der Waals surface area contributed by atoms with Crippen molar-refractivity contribution < 1.29 is 9.59 Å². The number of pyridine rings is 2. The monoisotopic (exact) mass is 607 g/mol. The summed E-state index contributed by atoms with van der Waals surface area (Å²) in [7, 11) is 0. The van der Waals surface area contributed by atoms with E-state index < -0.39 is 5.91 Å². The van der Waals surface area contributed by atoms with Gasteiger partial charge < -0.3 is 10.2 Å². The smallest absolute Gasteiger partial charge is 0.278 e. The molecule has 0 saturated carbocycles. The van der Waals surface area contributed by atoms with E-state index in [-0.39, 0.29) is 17.4 Å². The fourth-order valence-corrected chi connectivity index (χ4v) is 5.36. The van der Waals surface area contributed by atoms with Gasteiger partial charge in [0.25, 0.3) is 11.8 Å². The lowest BCUT2D eigenvalue weighted by molar-refractivity contribution is 0.0977. The Bertz CT molecular complexity index is 1430. The molecule has 9 nitrogen and oxygen atoms in total. The molecule has 5 rings (SSSR count). The van der Waals surface area contributed by atoms with E-state index in [0.717, 1.165) is 32.4 Å². The quantitative estimate of drug-likeness (QED) is 0.261. The third-order valence-electron chi connectivity index (χ3n) is 6.85. The predicted molar refractivity (Wildman–Crippen MR) is 155 cm³/mol. The van der Waals surface area contributed by atoms with Crippen LogP contribution in [0.4, 0.5) is 17.3 Å². The van der Waals surface area contributed by atoms with Gasteiger partial charge >= 0.3 is 0 Å². The first kappa shape index (κ1) is 26.8. The molecule has 2 N–H and O–H groups in total. The molecule has 1 aliphatic rings. The lowest BCUT2D eigenvalue weighted by atomic mass is 9.93. The number of carbonyl (C=O) groups excluding carboxylic acids is 2. The number of benzene rings is 1. The highest BCUT2D eigenvalue weighted by Crippen LogP contribution is 2.29. The van der Waals surface area contributed by atoms with Gasteiger partial charge in [0, 0.05) is 43.9 Å². The first-order valence-electron chi connectivity index (χ1n) is 12.7. The SMILES string of the molecule is O=C(Nc1n[nH]c(C(=O)N(CCC2CCN(c3ccncc3)CC2)c2ccccn2)c1Br)c1ccccc1Cl. The van der Waals surface area contributed by atoms with Gasteiger partial charge in [-0.1, -0.05) is 29.8 Å². The number of piperidine rings is 1. The highest BCUT2D eigenvalue weighted by molar-refractivity contribution is 9.10. The van der Waals surface area contributed by atoms with Crippen LogP contribution in [0.3, 0.4) is 0 Å². The summed E-state index contributed by atoms with van der Waals surface area (Å²) >= 11 is 9.60. The zero-order chi connectivity index (χ0) is 27.2. The molecule has 0 atom stereocenters. The van der Waals surface area contributed by atoms with Gasteiger partial charge in [0.2, 0.25) is 0 Å². The Morgan fingerprint density at radius 1 is 1.05 bits per heavy atom. The Hall–Kier alpha value is -3.76. The Kier molecular flexibility index (Phi) is 8.53. The molecule has 11 heteroatoms. The first-order chi connectivity index (χ1) is 19.0. The maximum Gasteiger partial charge on any atom is 0.278 e. The van der Waals surface area contributed by atoms with Crippen molar-refractivity contribution >= 4 is 56.7 Å². The molecule has 1 aromatic carbocycles. The molecule has 0 radical (unpaired) electrons. The van der Waals surface area contributed by atoms with Crippen LogP contribution in [0.2, 0.25) is 5.02 Å². The predicted octanol–water partition coefficient (Wildman–Crippen LogP) is 5.82. The fourth-order valence-electron chi connectivity index (χ4n) is 4.69. The number of aromatic amines is 1. The lowest BCUT2D eigenvalue weighted by Gasteiger charge is -2.34. The number of anilines is 3. The summed E-state index contributed by atoms with van der Waals surface area (Å²) in [5, 5.41) is 9.99. The van der Waals surface area contributed by atoms with E-state index in [9.17, 15) is 9.59 Å². The molecule has 1 aliphatic heterocycles. The summed E-state index contributed by atoms with van der Waals surface area (Å²) in [6, 6.07) is 16.3. The molecule has 3 aromatic heterocycles. The molecule has 200 valence electrons. The molecular formula is C28H27BrClN7O2. The van der Waals surface area contributed by atoms with Gasteiger partial charge in [0.15, 0.2) is 5.82 Å². The molecule has 1 fully saturated rings. The minimum Gasteiger partial charge on any atom is -0.371 e. The van der Waals surface area contributed by atoms with Crippen molar-refractivity contribution in [1.29, 1.82) is 0 Å². The van der Waals surface area contributed by atoms with Gasteiger partial charge in [-0.15, -0.1) is 0 Å². The highest BCUT2D eigenvalue weighted by Gasteiger charge is 2.27. The maximum absolute atomic E-state index is 13.7. The van der Waals surface area contributed by atoms with E-state index in [0.29, 0.717) is 33.3 Å². The molecule has 2 amide bonds. The molecule has 4 heterocycles. The molecule has 0 aliphatic carbocycles. The number of nitrogens with one attached hydrogen (secondary N) is 2. The van der Waals surface area contributed by atoms with Crippen LogP contribution in [0.5, 0.6) is 0 Å². The van der Waals surface area contributed by atoms with E-state index in [1.807, 2.05) is 42.7 Å². The zero-order valence-electron chi connectivity index (χ0n) is 21.1. The lowest BCUT2D eigenvalue weighted by Crippen LogP contribution is -2.37. The number of hydrogen-bond donors (Lipinski definition) is 2. The summed E-state index contributed by atoms with van der Waals surface area (Å²) in [6.45, 7) is 2.43. The first-order valence-corrected chi connectivity index (χ1v) is 13.9. The maximum atomic E-state index is 13.7. The van der Waals surface area contributed by atoms with E-state index in [1.165, 1.54) is 5.69 Å². The Balaban J connectivity index is 1.27. The summed E-state index contributed by atoms with van der Waals surface area (Å²) in [5.74, 6) is 0.525. The van der Waals surface area contributed by atoms with Gasteiger partial charge in [-0.25, -0.2) is 4.98 Å². The minimum atomic E-state index is -0.425. The third-order valence-corrected chi connectivity index (χ3v) is 7.95. The van der Waals surface area contributed by atoms with Gasteiger partial charge in [-0.3, -0.25) is 24.6 Å². The number of carbonyl (C=O) groups is 2. The van der Waals surface area contributed by atoms with Crippen molar-refractivity contribution in [1.82, 2.24) is 20.2 Å². The number of halogens is 2. The van der Waals surface area contributed by atoms with Crippen molar-refractivity contribution in [2.75, 3.05) is 34.8 Å². The molecule has 4 aromatic rings. The standard InChI is InChI=1S/C28H27BrClN7O2/c29-24-25(34-35-26(24)33-27(38)21-5-1-2-6-22(21)30)28(39)37(23-7-3-4-13-32-23)18-12-19-10-16-36(17-11-19)20-8-14-31-15-9-20/h1-9,13-15,19H,10-12,16-18H2,(H2,33,34,35,38). The molecule has 0 spiro atoms. The van der Waals surface area contributed by atoms with E-state index in [2.05, 4.69) is 46.3 Å². The van der Waals surface area contributed by atoms with Crippen LogP contribution in [0.25, 0.3) is 0 Å². The van der Waals surface area contributed by atoms with Gasteiger partial charge in [0.1, 0.15) is 11.5 Å². The normalized spacial score (nSPS) is 13.7. The zero-order valence-corrected chi connectivity index (χ0v) is 23.4. The number of H-pyrrole nitrogens is 1. The highest BCUT2D eigenvalue weighted by atomic mass is 79.9. The summed E-state index contributed by atoms with van der Waals surface area (Å²) in [6.07, 6.45) is 8.23. The second-order valence-corrected chi connectivity index (χ2v) is 10.5. The summed E-state index contributed by atoms with van der Waals surface area (Å²) in [4.78, 5) is 39.0. The van der Waals surface area contributed by atoms with Gasteiger partial charge in [0.05, 0.1) is 15.1 Å². The fraction of sp³-hybridized carbons (Fsp3) is 0.250. The average Bonchev–Trinajstić information content (AvgIpc) is 3.34. The van der Waals surface area contributed by atoms with Crippen molar-refractivity contribution in [2.45, 2.75) is 19.3 Å². The molecule has 1 saturated heterocycles. The van der Waals surface area contributed by atoms with Crippen LogP contribution in [0.15, 0.2) is 77.7 Å². The average molecular weight is 609 g/mol. The van der Waals surface area contributed by atoms with Crippen molar-refractivity contribution in [3.8, 4) is 0 Å². The number of aromatic nitrogens is 4. The van der Waals surface area contributed by atoms with E-state index >= 15 is 0 Å². The Morgan fingerprint density at radius 2 is 1.79 bits per heavy atom. The summed E-state index contributed by atoms with van der Waals surface area (Å²) < 4.78 is 0.361. The molecule has 0 unspecified atom stereocenters. The number of nitrogens with zero attached hydrogens (tertiary/aromatic N) is 5. The van der Waals surface area contributed by atoms with Crippen LogP contribution >= 0.6 is 27.5 Å². The van der Waals surface area contributed by atoms with Crippen LogP contribution in [-0.4, -0.2) is 51.6 Å². The van der Waals surface area contributed by atoms with E-state index in [1.54, 1.807) is 35.4 Å². The van der Waals surface area contributed by atoms with Gasteiger partial charge in [-0.2, -0.15) is 5.10 Å². The van der Waals surface area contributed by atoms with Gasteiger partial charge in [-0.05, 0) is 77.5 Å². The van der Waals surface area contributed by atoms with Crippen LogP contribution in [-0.2, 0) is 0 Å². The number of amides is 2. The molecule has 39 heavy (non-hydrogen) atoms. The second-order valence-electron chi connectivity index (χ2n) is 9.26. The Labute approximate surface area is 239 Å². The van der Waals surface area contributed by atoms with E-state index in [4.69, 9.17) is 11.6 Å². The van der Waals surface area contributed by atoms with Crippen molar-refractivity contribution in [3.63, 3.8) is 0 Å². The van der Waals surface area contributed by atoms with Crippen molar-refractivity contribution in [2.24, 2.45) is 5.92 Å². The summed E-state index contributed by atoms with van der Waals surface area (Å²) in [5.41, 5.74) is 1.73. The van der Waals surface area contributed by atoms with Crippen LogP contribution < -0.4 is 15.1 Å². The Morgan fingerprint density at radius 3 is 2.51 bits per heavy atom. The topological polar surface area (TPSA) is 107 Å². The minimum absolute atomic E-state index is 0.202. The largest absolute Gasteiger partial charge is 0.371 e. The number of rotatable bonds is 8. The third kappa shape index (κ3) is 6.29. The van der Waals surface area contributed by atoms with Crippen LogP contribution in [0.1, 0.15) is 40.1 Å². The molecule has 0 bridgehead atoms. The number of hydrogen-bond acceptors (Lipinski definition) is 6. The second kappa shape index (κ2) is 12.4. The molecular weight excluding hydrogens is 582 g/mol. The van der Waals surface area contributed by atoms with Crippen molar-refractivity contribution in [3.05, 3.63) is 93.9 Å². The van der Waals surface area contributed by atoms with Crippen LogP contribution in [0, 0.1) is 5.92 Å².